The third-order valence-electron chi connectivity index (χ3n) is 4.07. The lowest BCUT2D eigenvalue weighted by Gasteiger charge is -2.32. The predicted molar refractivity (Wildman–Crippen MR) is 105 cm³/mol. The number of thiocarbonyl (C=S) groups is 1. The molecule has 138 valence electrons. The Balaban J connectivity index is 2.23. The highest BCUT2D eigenvalue weighted by Crippen LogP contribution is 2.35. The van der Waals surface area contributed by atoms with Crippen molar-refractivity contribution < 1.29 is 19.4 Å². The number of thioether (sulfide) groups is 1. The van der Waals surface area contributed by atoms with E-state index in [0.717, 1.165) is 22.2 Å². The van der Waals surface area contributed by atoms with Gasteiger partial charge in [-0.05, 0) is 29.7 Å². The van der Waals surface area contributed by atoms with Crippen molar-refractivity contribution in [1.29, 1.82) is 0 Å². The van der Waals surface area contributed by atoms with Crippen LogP contribution >= 0.6 is 24.0 Å². The van der Waals surface area contributed by atoms with Gasteiger partial charge in [0.05, 0.1) is 16.9 Å². The molecule has 2 rings (SSSR count). The fourth-order valence-electron chi connectivity index (χ4n) is 2.50. The van der Waals surface area contributed by atoms with Crippen LogP contribution in [0.3, 0.4) is 0 Å². The van der Waals surface area contributed by atoms with Crippen molar-refractivity contribution in [2.24, 2.45) is 5.92 Å². The summed E-state index contributed by atoms with van der Waals surface area (Å²) in [5, 5.41) is 11.6. The summed E-state index contributed by atoms with van der Waals surface area (Å²) in [7, 11) is 0. The number of amides is 1. The van der Waals surface area contributed by atoms with Gasteiger partial charge in [0.25, 0.3) is 5.91 Å². The van der Waals surface area contributed by atoms with Gasteiger partial charge in [-0.2, -0.15) is 0 Å². The summed E-state index contributed by atoms with van der Waals surface area (Å²) in [5.41, 5.74) is 0.796. The molecule has 2 atom stereocenters. The van der Waals surface area contributed by atoms with Gasteiger partial charge in [-0.15, -0.1) is 0 Å². The van der Waals surface area contributed by atoms with Gasteiger partial charge in [0, 0.05) is 0 Å². The quantitative estimate of drug-likeness (QED) is 0.386. The molecule has 1 saturated heterocycles. The topological polar surface area (TPSA) is 69.7 Å². The monoisotopic (exact) mass is 390 g/mol. The lowest BCUT2D eigenvalue weighted by Crippen LogP contribution is -2.53. The molecule has 1 aromatic carbocycles. The molecule has 5 nitrogen and oxygen atoms in total. The normalized spacial score (nSPS) is 18.1. The predicted octanol–water partition coefficient (Wildman–Crippen LogP) is 2.62. The second kappa shape index (κ2) is 9.00. The summed E-state index contributed by atoms with van der Waals surface area (Å²) >= 11 is 6.35. The lowest BCUT2D eigenvalue weighted by molar-refractivity contribution is -0.311. The van der Waals surface area contributed by atoms with Crippen LogP contribution in [0.25, 0.3) is 6.08 Å². The Kier molecular flexibility index (Phi) is 6.99. The first-order valence-corrected chi connectivity index (χ1v) is 9.43. The van der Waals surface area contributed by atoms with Crippen LogP contribution in [0.5, 0.6) is 5.75 Å². The molecule has 0 bridgehead atoms. The summed E-state index contributed by atoms with van der Waals surface area (Å²) < 4.78 is 5.66. The van der Waals surface area contributed by atoms with E-state index in [9.17, 15) is 14.7 Å². The summed E-state index contributed by atoms with van der Waals surface area (Å²) in [6.45, 7) is 7.64. The summed E-state index contributed by atoms with van der Waals surface area (Å²) in [5.74, 6) is -1.26. The van der Waals surface area contributed by atoms with Crippen molar-refractivity contribution in [3.63, 3.8) is 0 Å². The van der Waals surface area contributed by atoms with Crippen molar-refractivity contribution in [2.75, 3.05) is 6.61 Å². The van der Waals surface area contributed by atoms with Gasteiger partial charge in [-0.1, -0.05) is 69.0 Å². The first-order chi connectivity index (χ1) is 12.4. The van der Waals surface area contributed by atoms with E-state index in [2.05, 4.69) is 6.58 Å². The molecule has 0 N–H and O–H groups in total. The minimum absolute atomic E-state index is 0.238. The standard InChI is InChI=1S/C19H21NO4S2/c1-4-10-24-14-8-6-13(7-9-14)11-15-17(21)20(19(25)26-15)16(18(22)23)12(3)5-2/h4,6-9,11-12,16H,1,5,10H2,2-3H3,(H,22,23)/p-1/b15-11-/t12-,16+/m0/s1. The molecule has 0 spiro atoms. The van der Waals surface area contributed by atoms with Crippen LogP contribution in [-0.2, 0) is 9.59 Å². The Morgan fingerprint density at radius 3 is 2.62 bits per heavy atom. The molecular weight excluding hydrogens is 370 g/mol. The number of carbonyl (C=O) groups is 2. The van der Waals surface area contributed by atoms with E-state index in [0.29, 0.717) is 23.7 Å². The molecule has 0 unspecified atom stereocenters. The number of hydrogen-bond donors (Lipinski definition) is 0. The molecule has 26 heavy (non-hydrogen) atoms. The Morgan fingerprint density at radius 2 is 2.08 bits per heavy atom. The second-order valence-electron chi connectivity index (χ2n) is 5.87. The summed E-state index contributed by atoms with van der Waals surface area (Å²) in [4.78, 5) is 25.8. The minimum atomic E-state index is -1.29. The van der Waals surface area contributed by atoms with Crippen LogP contribution in [0.4, 0.5) is 0 Å². The van der Waals surface area contributed by atoms with E-state index >= 15 is 0 Å². The molecular formula is C19H20NO4S2-. The van der Waals surface area contributed by atoms with Gasteiger partial charge in [-0.25, -0.2) is 0 Å². The van der Waals surface area contributed by atoms with Crippen LogP contribution in [0.1, 0.15) is 25.8 Å². The van der Waals surface area contributed by atoms with Crippen molar-refractivity contribution >= 4 is 46.3 Å². The highest BCUT2D eigenvalue weighted by Gasteiger charge is 2.39. The maximum Gasteiger partial charge on any atom is 0.266 e. The molecule has 1 aliphatic heterocycles. The average Bonchev–Trinajstić information content (AvgIpc) is 2.88. The van der Waals surface area contributed by atoms with Crippen molar-refractivity contribution in [2.45, 2.75) is 26.3 Å². The van der Waals surface area contributed by atoms with E-state index in [1.54, 1.807) is 31.2 Å². The number of nitrogens with zero attached hydrogens (tertiary/aromatic N) is 1. The maximum absolute atomic E-state index is 12.7. The minimum Gasteiger partial charge on any atom is -0.548 e. The fourth-order valence-corrected chi connectivity index (χ4v) is 3.83. The highest BCUT2D eigenvalue weighted by molar-refractivity contribution is 8.26. The number of benzene rings is 1. The van der Waals surface area contributed by atoms with Gasteiger partial charge in [0.15, 0.2) is 0 Å². The zero-order valence-electron chi connectivity index (χ0n) is 14.6. The molecule has 0 saturated carbocycles. The molecule has 0 aliphatic carbocycles. The summed E-state index contributed by atoms with van der Waals surface area (Å²) in [6, 6.07) is 6.15. The number of ether oxygens (including phenoxy) is 1. The SMILES string of the molecule is C=CCOc1ccc(/C=C2\SC(=S)N([C@@H](C(=O)[O-])[C@@H](C)CC)C2=O)cc1. The largest absolute Gasteiger partial charge is 0.548 e. The number of aliphatic carboxylic acids is 1. The summed E-state index contributed by atoms with van der Waals surface area (Å²) in [6.07, 6.45) is 3.95. The van der Waals surface area contributed by atoms with Gasteiger partial charge < -0.3 is 14.6 Å². The Morgan fingerprint density at radius 1 is 1.42 bits per heavy atom. The number of hydrogen-bond acceptors (Lipinski definition) is 6. The Labute approximate surface area is 162 Å². The molecule has 1 heterocycles. The van der Waals surface area contributed by atoms with Crippen molar-refractivity contribution in [3.8, 4) is 5.75 Å². The number of carboxylic acid groups (broad SMARTS) is 1. The number of carbonyl (C=O) groups excluding carboxylic acids is 2. The van der Waals surface area contributed by atoms with Crippen molar-refractivity contribution in [1.82, 2.24) is 4.90 Å². The van der Waals surface area contributed by atoms with E-state index in [-0.39, 0.29) is 10.2 Å². The van der Waals surface area contributed by atoms with Crippen molar-refractivity contribution in [3.05, 3.63) is 47.4 Å². The smallest absolute Gasteiger partial charge is 0.266 e. The van der Waals surface area contributed by atoms with E-state index in [4.69, 9.17) is 17.0 Å². The molecule has 1 aliphatic rings. The Bertz CT molecular complexity index is 742. The molecule has 1 amide bonds. The van der Waals surface area contributed by atoms with Crippen LogP contribution in [0.2, 0.25) is 0 Å². The van der Waals surface area contributed by atoms with E-state index in [1.807, 2.05) is 19.1 Å². The molecule has 0 aromatic heterocycles. The van der Waals surface area contributed by atoms with Gasteiger partial charge in [0.2, 0.25) is 0 Å². The molecule has 1 aromatic rings. The van der Waals surface area contributed by atoms with Crippen LogP contribution in [0, 0.1) is 5.92 Å². The van der Waals surface area contributed by atoms with Crippen LogP contribution in [-0.4, -0.2) is 33.7 Å². The molecule has 7 heteroatoms. The molecule has 1 fully saturated rings. The highest BCUT2D eigenvalue weighted by atomic mass is 32.2. The molecule has 0 radical (unpaired) electrons. The second-order valence-corrected chi connectivity index (χ2v) is 7.55. The number of carboxylic acids is 1. The first kappa shape index (κ1) is 20.2. The van der Waals surface area contributed by atoms with E-state index < -0.39 is 17.9 Å². The number of rotatable bonds is 8. The van der Waals surface area contributed by atoms with Crippen LogP contribution < -0.4 is 9.84 Å². The fraction of sp³-hybridized carbons (Fsp3) is 0.316. The third-order valence-corrected chi connectivity index (χ3v) is 5.40. The van der Waals surface area contributed by atoms with Gasteiger partial charge >= 0.3 is 0 Å². The van der Waals surface area contributed by atoms with Gasteiger partial charge in [0.1, 0.15) is 16.7 Å². The van der Waals surface area contributed by atoms with Gasteiger partial charge in [-0.3, -0.25) is 9.69 Å². The maximum atomic E-state index is 12.7. The zero-order chi connectivity index (χ0) is 19.3. The van der Waals surface area contributed by atoms with Crippen LogP contribution in [0.15, 0.2) is 41.8 Å². The lowest BCUT2D eigenvalue weighted by atomic mass is 9.98. The Hall–Kier alpha value is -2.12. The third kappa shape index (κ3) is 4.53. The zero-order valence-corrected chi connectivity index (χ0v) is 16.3. The first-order valence-electron chi connectivity index (χ1n) is 8.20. The van der Waals surface area contributed by atoms with E-state index in [1.165, 1.54) is 0 Å². The average molecular weight is 391 g/mol.